The summed E-state index contributed by atoms with van der Waals surface area (Å²) in [5, 5.41) is 6.78. The minimum absolute atomic E-state index is 0.000297. The molecular formula is C30H40N4O2. The van der Waals surface area contributed by atoms with Gasteiger partial charge in [-0.25, -0.2) is 0 Å². The first kappa shape index (κ1) is 24.9. The standard InChI is InChI=1S/C30H40N4O2/c1-29(2,3)22-11-13-24(14-12-22)34(27(35)26-10-7-18-32-26)30(17-15-21-16-19-31-20-25(21)30)28(36)33-23-8-5-4-6-9-23/h11-14,16,19-20,23,26,32H,4-10,15,17-18H2,1-3H3,(H,33,36). The molecule has 36 heavy (non-hydrogen) atoms. The molecular weight excluding hydrogens is 448 g/mol. The average Bonchev–Trinajstić information content (AvgIpc) is 3.54. The number of hydrogen-bond acceptors (Lipinski definition) is 4. The molecule has 3 aliphatic rings. The Morgan fingerprint density at radius 2 is 1.78 bits per heavy atom. The summed E-state index contributed by atoms with van der Waals surface area (Å²) in [7, 11) is 0. The third-order valence-corrected chi connectivity index (χ3v) is 8.38. The molecule has 1 saturated heterocycles. The van der Waals surface area contributed by atoms with Crippen molar-refractivity contribution in [1.82, 2.24) is 15.6 Å². The first-order valence-electron chi connectivity index (χ1n) is 13.7. The molecule has 0 spiro atoms. The Hall–Kier alpha value is -2.73. The van der Waals surface area contributed by atoms with Gasteiger partial charge in [-0.2, -0.15) is 0 Å². The van der Waals surface area contributed by atoms with Crippen molar-refractivity contribution in [3.8, 4) is 0 Å². The number of carbonyl (C=O) groups excluding carboxylic acids is 2. The fraction of sp³-hybridized carbons (Fsp3) is 0.567. The zero-order valence-electron chi connectivity index (χ0n) is 22.0. The molecule has 6 heteroatoms. The van der Waals surface area contributed by atoms with Gasteiger partial charge in [-0.05, 0) is 79.8 Å². The Morgan fingerprint density at radius 3 is 2.44 bits per heavy atom. The molecule has 1 aromatic heterocycles. The highest BCUT2D eigenvalue weighted by Crippen LogP contribution is 2.45. The molecule has 1 aliphatic heterocycles. The van der Waals surface area contributed by atoms with Crippen LogP contribution in [0.2, 0.25) is 0 Å². The van der Waals surface area contributed by atoms with Crippen LogP contribution < -0.4 is 15.5 Å². The zero-order valence-corrected chi connectivity index (χ0v) is 22.0. The van der Waals surface area contributed by atoms with Crippen LogP contribution in [-0.4, -0.2) is 35.4 Å². The van der Waals surface area contributed by atoms with Crippen LogP contribution in [-0.2, 0) is 27.0 Å². The van der Waals surface area contributed by atoms with E-state index in [1.54, 1.807) is 6.20 Å². The van der Waals surface area contributed by atoms with E-state index in [4.69, 9.17) is 0 Å². The molecule has 2 atom stereocenters. The van der Waals surface area contributed by atoms with Crippen molar-refractivity contribution in [2.24, 2.45) is 0 Å². The first-order valence-corrected chi connectivity index (χ1v) is 13.7. The number of aromatic nitrogens is 1. The van der Waals surface area contributed by atoms with Gasteiger partial charge in [0, 0.05) is 29.7 Å². The third kappa shape index (κ3) is 4.56. The van der Waals surface area contributed by atoms with E-state index < -0.39 is 5.54 Å². The number of rotatable bonds is 5. The lowest BCUT2D eigenvalue weighted by Crippen LogP contribution is -2.62. The maximum atomic E-state index is 14.4. The predicted octanol–water partition coefficient (Wildman–Crippen LogP) is 4.75. The van der Waals surface area contributed by atoms with Gasteiger partial charge in [-0.15, -0.1) is 0 Å². The monoisotopic (exact) mass is 488 g/mol. The zero-order chi connectivity index (χ0) is 25.3. The maximum Gasteiger partial charge on any atom is 0.251 e. The summed E-state index contributed by atoms with van der Waals surface area (Å²) in [5.74, 6) is -0.0844. The number of hydrogen-bond donors (Lipinski definition) is 2. The van der Waals surface area contributed by atoms with E-state index in [1.807, 2.05) is 29.3 Å². The molecule has 192 valence electrons. The van der Waals surface area contributed by atoms with E-state index in [1.165, 1.54) is 12.0 Å². The molecule has 2 heterocycles. The van der Waals surface area contributed by atoms with Crippen LogP contribution >= 0.6 is 0 Å². The van der Waals surface area contributed by atoms with Gasteiger partial charge >= 0.3 is 0 Å². The number of amides is 2. The van der Waals surface area contributed by atoms with Gasteiger partial charge in [0.15, 0.2) is 5.54 Å². The van der Waals surface area contributed by atoms with E-state index in [-0.39, 0.29) is 29.3 Å². The number of nitrogens with zero attached hydrogens (tertiary/aromatic N) is 2. The van der Waals surface area contributed by atoms with Crippen molar-refractivity contribution in [1.29, 1.82) is 0 Å². The van der Waals surface area contributed by atoms with E-state index in [9.17, 15) is 9.59 Å². The SMILES string of the molecule is CC(C)(C)c1ccc(N(C(=O)C2CCCN2)C2(C(=O)NC3CCCCC3)CCc3ccncc32)cc1. The molecule has 2 aromatic rings. The van der Waals surface area contributed by atoms with Gasteiger partial charge in [-0.1, -0.05) is 52.2 Å². The Bertz CT molecular complexity index is 1090. The highest BCUT2D eigenvalue weighted by molar-refractivity contribution is 6.07. The summed E-state index contributed by atoms with van der Waals surface area (Å²) in [6.45, 7) is 7.38. The number of aryl methyl sites for hydroxylation is 1. The van der Waals surface area contributed by atoms with Crippen LogP contribution in [0.3, 0.4) is 0 Å². The highest BCUT2D eigenvalue weighted by atomic mass is 16.2. The van der Waals surface area contributed by atoms with E-state index in [0.717, 1.165) is 68.3 Å². The van der Waals surface area contributed by atoms with Crippen LogP contribution in [0.25, 0.3) is 0 Å². The Morgan fingerprint density at radius 1 is 1.03 bits per heavy atom. The maximum absolute atomic E-state index is 14.4. The number of carbonyl (C=O) groups is 2. The normalized spacial score (nSPS) is 24.4. The van der Waals surface area contributed by atoms with Crippen molar-refractivity contribution in [2.45, 2.75) is 102 Å². The molecule has 2 aliphatic carbocycles. The summed E-state index contributed by atoms with van der Waals surface area (Å²) in [5.41, 5.74) is 2.84. The van der Waals surface area contributed by atoms with Gasteiger partial charge < -0.3 is 10.6 Å². The van der Waals surface area contributed by atoms with Gasteiger partial charge in [-0.3, -0.25) is 19.5 Å². The second-order valence-corrected chi connectivity index (χ2v) is 11.8. The summed E-state index contributed by atoms with van der Waals surface area (Å²) >= 11 is 0. The number of pyridine rings is 1. The second kappa shape index (κ2) is 9.97. The third-order valence-electron chi connectivity index (χ3n) is 8.38. The summed E-state index contributed by atoms with van der Waals surface area (Å²) < 4.78 is 0. The largest absolute Gasteiger partial charge is 0.351 e. The molecule has 2 N–H and O–H groups in total. The predicted molar refractivity (Wildman–Crippen MR) is 143 cm³/mol. The van der Waals surface area contributed by atoms with Crippen molar-refractivity contribution in [3.63, 3.8) is 0 Å². The molecule has 2 unspecified atom stereocenters. The summed E-state index contributed by atoms with van der Waals surface area (Å²) in [4.78, 5) is 34.9. The molecule has 2 amide bonds. The smallest absolute Gasteiger partial charge is 0.251 e. The Balaban J connectivity index is 1.62. The topological polar surface area (TPSA) is 74.3 Å². The van der Waals surface area contributed by atoms with E-state index in [2.05, 4.69) is 48.5 Å². The van der Waals surface area contributed by atoms with Crippen molar-refractivity contribution >= 4 is 17.5 Å². The van der Waals surface area contributed by atoms with Crippen molar-refractivity contribution in [2.75, 3.05) is 11.4 Å². The van der Waals surface area contributed by atoms with Gasteiger partial charge in [0.25, 0.3) is 5.91 Å². The number of benzene rings is 1. The minimum Gasteiger partial charge on any atom is -0.351 e. The van der Waals surface area contributed by atoms with Gasteiger partial charge in [0.2, 0.25) is 5.91 Å². The van der Waals surface area contributed by atoms with Crippen LogP contribution in [0.5, 0.6) is 0 Å². The number of anilines is 1. The summed E-state index contributed by atoms with van der Waals surface area (Å²) in [6, 6.07) is 10.1. The molecule has 1 aromatic carbocycles. The Labute approximate surface area is 215 Å². The van der Waals surface area contributed by atoms with Crippen molar-refractivity contribution < 1.29 is 9.59 Å². The molecule has 5 rings (SSSR count). The number of fused-ring (bicyclic) bond motifs is 1. The lowest BCUT2D eigenvalue weighted by atomic mass is 9.85. The van der Waals surface area contributed by atoms with E-state index in [0.29, 0.717) is 6.42 Å². The molecule has 2 fully saturated rings. The fourth-order valence-electron chi connectivity index (χ4n) is 6.28. The van der Waals surface area contributed by atoms with Gasteiger partial charge in [0.05, 0.1) is 6.04 Å². The van der Waals surface area contributed by atoms with Crippen LogP contribution in [0, 0.1) is 0 Å². The molecule has 0 radical (unpaired) electrons. The lowest BCUT2D eigenvalue weighted by molar-refractivity contribution is -0.132. The summed E-state index contributed by atoms with van der Waals surface area (Å²) in [6.07, 6.45) is 12.2. The molecule has 0 bridgehead atoms. The van der Waals surface area contributed by atoms with Gasteiger partial charge in [0.1, 0.15) is 0 Å². The number of nitrogens with one attached hydrogen (secondary N) is 2. The van der Waals surface area contributed by atoms with Crippen molar-refractivity contribution in [3.05, 3.63) is 59.4 Å². The van der Waals surface area contributed by atoms with Crippen LogP contribution in [0.4, 0.5) is 5.69 Å². The first-order chi connectivity index (χ1) is 17.3. The van der Waals surface area contributed by atoms with Crippen LogP contribution in [0.1, 0.15) is 88.8 Å². The fourth-order valence-corrected chi connectivity index (χ4v) is 6.28. The Kier molecular flexibility index (Phi) is 6.90. The van der Waals surface area contributed by atoms with E-state index >= 15 is 0 Å². The molecule has 1 saturated carbocycles. The highest BCUT2D eigenvalue weighted by Gasteiger charge is 2.54. The molecule has 6 nitrogen and oxygen atoms in total. The average molecular weight is 489 g/mol. The second-order valence-electron chi connectivity index (χ2n) is 11.8. The lowest BCUT2D eigenvalue weighted by Gasteiger charge is -2.43. The minimum atomic E-state index is -1.11. The quantitative estimate of drug-likeness (QED) is 0.637. The van der Waals surface area contributed by atoms with Crippen LogP contribution in [0.15, 0.2) is 42.7 Å².